The first-order valence-electron chi connectivity index (χ1n) is 9.23. The maximum Gasteiger partial charge on any atom is 0.308 e. The van der Waals surface area contributed by atoms with E-state index < -0.39 is 11.9 Å². The van der Waals surface area contributed by atoms with Crippen LogP contribution in [0.1, 0.15) is 34.1 Å². The summed E-state index contributed by atoms with van der Waals surface area (Å²) in [5.74, 6) is -0.294. The zero-order chi connectivity index (χ0) is 19.7. The van der Waals surface area contributed by atoms with Gasteiger partial charge in [-0.25, -0.2) is 0 Å². The summed E-state index contributed by atoms with van der Waals surface area (Å²) in [6, 6.07) is 23.4. The Morgan fingerprint density at radius 3 is 1.43 bits per heavy atom. The topological polar surface area (TPSA) is 55.8 Å². The van der Waals surface area contributed by atoms with E-state index in [0.717, 1.165) is 33.8 Å². The van der Waals surface area contributed by atoms with Crippen LogP contribution in [0.3, 0.4) is 0 Å². The maximum absolute atomic E-state index is 12.4. The molecule has 4 rings (SSSR count). The van der Waals surface area contributed by atoms with Crippen LogP contribution in [0.15, 0.2) is 72.8 Å². The highest BCUT2D eigenvalue weighted by molar-refractivity contribution is 5.77. The Kier molecular flexibility index (Phi) is 4.78. The molecule has 1 N–H and O–H groups in total. The normalized spacial score (nSPS) is 20.4. The minimum atomic E-state index is -0.794. The molecule has 0 aliphatic heterocycles. The number of ether oxygens (including phenoxy) is 2. The van der Waals surface area contributed by atoms with Crippen molar-refractivity contribution in [2.75, 3.05) is 14.2 Å². The molecule has 28 heavy (non-hydrogen) atoms. The van der Waals surface area contributed by atoms with Crippen molar-refractivity contribution in [2.24, 2.45) is 5.92 Å². The van der Waals surface area contributed by atoms with Gasteiger partial charge < -0.3 is 14.6 Å². The first-order valence-corrected chi connectivity index (χ1v) is 9.23. The highest BCUT2D eigenvalue weighted by atomic mass is 16.5. The van der Waals surface area contributed by atoms with Crippen LogP contribution < -0.4 is 9.47 Å². The summed E-state index contributed by atoms with van der Waals surface area (Å²) >= 11 is 0. The second-order valence-corrected chi connectivity index (χ2v) is 6.99. The van der Waals surface area contributed by atoms with E-state index in [9.17, 15) is 9.90 Å². The standard InChI is InChI=1S/C24H22O4/c1-27-17-11-7-15(8-12-17)21-19-5-3-4-6-20(19)22(23(21)24(25)26)16-9-13-18(28-2)14-10-16/h3-14,21-23H,1-2H3,(H,25,26)/t21-,22+,23-. The van der Waals surface area contributed by atoms with Crippen molar-refractivity contribution in [3.63, 3.8) is 0 Å². The van der Waals surface area contributed by atoms with E-state index in [1.807, 2.05) is 72.8 Å². The lowest BCUT2D eigenvalue weighted by molar-refractivity contribution is -0.142. The summed E-state index contributed by atoms with van der Waals surface area (Å²) in [5.41, 5.74) is 4.11. The van der Waals surface area contributed by atoms with Crippen molar-refractivity contribution in [3.8, 4) is 11.5 Å². The van der Waals surface area contributed by atoms with Crippen LogP contribution in [0, 0.1) is 5.92 Å². The predicted octanol–water partition coefficient (Wildman–Crippen LogP) is 4.68. The number of hydrogen-bond donors (Lipinski definition) is 1. The van der Waals surface area contributed by atoms with E-state index in [0.29, 0.717) is 0 Å². The Morgan fingerprint density at radius 2 is 1.11 bits per heavy atom. The highest BCUT2D eigenvalue weighted by Gasteiger charge is 2.46. The maximum atomic E-state index is 12.4. The fourth-order valence-electron chi connectivity index (χ4n) is 4.34. The van der Waals surface area contributed by atoms with Gasteiger partial charge in [-0.05, 0) is 46.5 Å². The molecule has 0 fully saturated rings. The van der Waals surface area contributed by atoms with Crippen molar-refractivity contribution < 1.29 is 19.4 Å². The van der Waals surface area contributed by atoms with Crippen LogP contribution in [0.2, 0.25) is 0 Å². The van der Waals surface area contributed by atoms with Crippen molar-refractivity contribution in [3.05, 3.63) is 95.1 Å². The summed E-state index contributed by atoms with van der Waals surface area (Å²) in [4.78, 5) is 12.4. The first kappa shape index (κ1) is 18.1. The molecule has 0 saturated carbocycles. The Labute approximate surface area is 164 Å². The molecule has 3 aromatic rings. The summed E-state index contributed by atoms with van der Waals surface area (Å²) in [6.07, 6.45) is 0. The summed E-state index contributed by atoms with van der Waals surface area (Å²) in [7, 11) is 3.25. The van der Waals surface area contributed by atoms with Gasteiger partial charge >= 0.3 is 5.97 Å². The quantitative estimate of drug-likeness (QED) is 0.704. The Morgan fingerprint density at radius 1 is 0.714 bits per heavy atom. The van der Waals surface area contributed by atoms with Crippen LogP contribution in [0.4, 0.5) is 0 Å². The van der Waals surface area contributed by atoms with Gasteiger partial charge in [-0.15, -0.1) is 0 Å². The number of aliphatic carboxylic acids is 1. The molecule has 0 saturated heterocycles. The number of hydrogen-bond acceptors (Lipinski definition) is 3. The lowest BCUT2D eigenvalue weighted by Gasteiger charge is -2.23. The van der Waals surface area contributed by atoms with Gasteiger partial charge in [0.15, 0.2) is 0 Å². The summed E-state index contributed by atoms with van der Waals surface area (Å²) in [6.45, 7) is 0. The number of rotatable bonds is 5. The number of methoxy groups -OCH3 is 2. The Bertz CT molecular complexity index is 902. The molecule has 0 aromatic heterocycles. The molecule has 0 amide bonds. The molecule has 0 bridgehead atoms. The van der Waals surface area contributed by atoms with Crippen LogP contribution in [0.5, 0.6) is 11.5 Å². The van der Waals surface area contributed by atoms with Gasteiger partial charge in [0.25, 0.3) is 0 Å². The second-order valence-electron chi connectivity index (χ2n) is 6.99. The van der Waals surface area contributed by atoms with E-state index in [2.05, 4.69) is 0 Å². The van der Waals surface area contributed by atoms with Crippen molar-refractivity contribution >= 4 is 5.97 Å². The zero-order valence-corrected chi connectivity index (χ0v) is 15.8. The molecule has 1 aliphatic carbocycles. The molecule has 0 unspecified atom stereocenters. The van der Waals surface area contributed by atoms with Crippen LogP contribution >= 0.6 is 0 Å². The van der Waals surface area contributed by atoms with Crippen LogP contribution in [-0.2, 0) is 4.79 Å². The largest absolute Gasteiger partial charge is 0.497 e. The van der Waals surface area contributed by atoms with Crippen molar-refractivity contribution in [2.45, 2.75) is 11.8 Å². The molecule has 3 aromatic carbocycles. The van der Waals surface area contributed by atoms with Gasteiger partial charge in [0.2, 0.25) is 0 Å². The van der Waals surface area contributed by atoms with Crippen LogP contribution in [0.25, 0.3) is 0 Å². The Balaban J connectivity index is 1.85. The van der Waals surface area contributed by atoms with E-state index >= 15 is 0 Å². The fourth-order valence-corrected chi connectivity index (χ4v) is 4.34. The summed E-state index contributed by atoms with van der Waals surface area (Å²) < 4.78 is 10.5. The average Bonchev–Trinajstić information content (AvgIpc) is 3.09. The van der Waals surface area contributed by atoms with Crippen molar-refractivity contribution in [1.82, 2.24) is 0 Å². The third-order valence-corrected chi connectivity index (χ3v) is 5.62. The second kappa shape index (κ2) is 7.39. The van der Waals surface area contributed by atoms with E-state index in [-0.39, 0.29) is 11.8 Å². The molecule has 142 valence electrons. The SMILES string of the molecule is COc1ccc([C@@H]2c3ccccc3[C@H](c3ccc(OC)cc3)[C@@H]2C(=O)O)cc1. The summed E-state index contributed by atoms with van der Waals surface area (Å²) in [5, 5.41) is 10.2. The Hall–Kier alpha value is -3.27. The van der Waals surface area contributed by atoms with Crippen molar-refractivity contribution in [1.29, 1.82) is 0 Å². The van der Waals surface area contributed by atoms with E-state index in [4.69, 9.17) is 9.47 Å². The lowest BCUT2D eigenvalue weighted by atomic mass is 9.79. The average molecular weight is 374 g/mol. The third kappa shape index (κ3) is 3.01. The predicted molar refractivity (Wildman–Crippen MR) is 107 cm³/mol. The molecule has 1 aliphatic rings. The first-order chi connectivity index (χ1) is 13.6. The minimum absolute atomic E-state index is 0.216. The van der Waals surface area contributed by atoms with Gasteiger partial charge in [-0.2, -0.15) is 0 Å². The molecule has 0 spiro atoms. The highest BCUT2D eigenvalue weighted by Crippen LogP contribution is 2.52. The van der Waals surface area contributed by atoms with Gasteiger partial charge in [0.1, 0.15) is 11.5 Å². The van der Waals surface area contributed by atoms with Gasteiger partial charge in [0.05, 0.1) is 20.1 Å². The number of carboxylic acids is 1. The van der Waals surface area contributed by atoms with E-state index in [1.54, 1.807) is 14.2 Å². The molecule has 4 heteroatoms. The molecule has 4 nitrogen and oxygen atoms in total. The molecular weight excluding hydrogens is 352 g/mol. The van der Waals surface area contributed by atoms with E-state index in [1.165, 1.54) is 0 Å². The number of benzene rings is 3. The number of carbonyl (C=O) groups is 1. The van der Waals surface area contributed by atoms with Crippen LogP contribution in [-0.4, -0.2) is 25.3 Å². The molecular formula is C24H22O4. The van der Waals surface area contributed by atoms with Gasteiger partial charge in [-0.1, -0.05) is 48.5 Å². The number of fused-ring (bicyclic) bond motifs is 1. The minimum Gasteiger partial charge on any atom is -0.497 e. The lowest BCUT2D eigenvalue weighted by Crippen LogP contribution is -2.23. The van der Waals surface area contributed by atoms with Gasteiger partial charge in [-0.3, -0.25) is 4.79 Å². The molecule has 0 radical (unpaired) electrons. The molecule has 0 heterocycles. The zero-order valence-electron chi connectivity index (χ0n) is 15.8. The molecule has 3 atom stereocenters. The monoisotopic (exact) mass is 374 g/mol. The smallest absolute Gasteiger partial charge is 0.308 e. The fraction of sp³-hybridized carbons (Fsp3) is 0.208. The van der Waals surface area contributed by atoms with Gasteiger partial charge in [0, 0.05) is 11.8 Å². The number of carboxylic acid groups (broad SMARTS) is 1. The third-order valence-electron chi connectivity index (χ3n) is 5.62.